The Bertz CT molecular complexity index is 1450. The molecule has 184 valence electrons. The fraction of sp³-hybridized carbons (Fsp3) is 0.560. The minimum Gasteiger partial charge on any atom is -0.273 e. The lowest BCUT2D eigenvalue weighted by molar-refractivity contribution is 0.0772. The normalized spacial score (nSPS) is 23.9. The summed E-state index contributed by atoms with van der Waals surface area (Å²) in [6.07, 6.45) is 10.5. The molecule has 3 aromatic heterocycles. The summed E-state index contributed by atoms with van der Waals surface area (Å²) in [5.41, 5.74) is 0.996. The van der Waals surface area contributed by atoms with E-state index in [-0.39, 0.29) is 17.2 Å². The van der Waals surface area contributed by atoms with Crippen LogP contribution in [0.2, 0.25) is 0 Å². The maximum atomic E-state index is 13.5. The number of nitrogens with zero attached hydrogens (tertiary/aromatic N) is 7. The minimum absolute atomic E-state index is 0.0164. The molecule has 2 aliphatic rings. The first-order chi connectivity index (χ1) is 16.6. The Morgan fingerprint density at radius 2 is 2.06 bits per heavy atom. The zero-order chi connectivity index (χ0) is 25.0. The van der Waals surface area contributed by atoms with Crippen molar-refractivity contribution in [3.63, 3.8) is 0 Å². The van der Waals surface area contributed by atoms with E-state index in [0.717, 1.165) is 23.8 Å². The third-order valence-corrected chi connectivity index (χ3v) is 9.97. The summed E-state index contributed by atoms with van der Waals surface area (Å²) < 4.78 is 21.6. The highest BCUT2D eigenvalue weighted by Crippen LogP contribution is 2.47. The van der Waals surface area contributed by atoms with Crippen molar-refractivity contribution in [3.05, 3.63) is 31.0 Å². The summed E-state index contributed by atoms with van der Waals surface area (Å²) in [7, 11) is -2.28. The van der Waals surface area contributed by atoms with Gasteiger partial charge in [0, 0.05) is 49.5 Å². The monoisotopic (exact) mass is 493 g/mol. The molecule has 2 saturated carbocycles. The van der Waals surface area contributed by atoms with Crippen LogP contribution < -0.4 is 0 Å². The molecule has 0 aromatic carbocycles. The highest BCUT2D eigenvalue weighted by Gasteiger charge is 2.51. The van der Waals surface area contributed by atoms with Gasteiger partial charge >= 0.3 is 0 Å². The van der Waals surface area contributed by atoms with Crippen LogP contribution in [0.1, 0.15) is 64.6 Å². The quantitative estimate of drug-likeness (QED) is 0.502. The molecule has 1 atom stereocenters. The van der Waals surface area contributed by atoms with Crippen LogP contribution in [0.3, 0.4) is 0 Å². The Labute approximate surface area is 205 Å². The van der Waals surface area contributed by atoms with Gasteiger partial charge in [-0.3, -0.25) is 14.0 Å². The molecule has 3 heterocycles. The SMILES string of the molecule is CCS(=O)(=NC1CC1)C1CC(CC#N)(n2cc(-c3ncnc4c3ccn4C(=O)C(C)(C)C)cn2)C1. The molecule has 3 aromatic rings. The largest absolute Gasteiger partial charge is 0.273 e. The molecular formula is C25H31N7O2S. The van der Waals surface area contributed by atoms with Gasteiger partial charge < -0.3 is 0 Å². The van der Waals surface area contributed by atoms with Crippen molar-refractivity contribution < 1.29 is 9.00 Å². The zero-order valence-corrected chi connectivity index (χ0v) is 21.5. The van der Waals surface area contributed by atoms with Crippen LogP contribution in [0.5, 0.6) is 0 Å². The molecule has 0 spiro atoms. The van der Waals surface area contributed by atoms with Crippen LogP contribution in [0.15, 0.2) is 35.3 Å². The van der Waals surface area contributed by atoms with Gasteiger partial charge in [0.1, 0.15) is 6.33 Å². The van der Waals surface area contributed by atoms with Gasteiger partial charge in [-0.15, -0.1) is 0 Å². The first-order valence-corrected chi connectivity index (χ1v) is 13.9. The zero-order valence-electron chi connectivity index (χ0n) is 20.6. The van der Waals surface area contributed by atoms with E-state index in [4.69, 9.17) is 0 Å². The Morgan fingerprint density at radius 1 is 1.31 bits per heavy atom. The molecule has 2 fully saturated rings. The van der Waals surface area contributed by atoms with E-state index >= 15 is 0 Å². The number of nitriles is 1. The molecule has 0 radical (unpaired) electrons. The molecule has 35 heavy (non-hydrogen) atoms. The second kappa shape index (κ2) is 8.26. The third kappa shape index (κ3) is 4.05. The standard InChI is InChI=1S/C25H31N7O2S/c1-5-35(34,30-18-6-7-18)19-12-25(13-19,9-10-26)32-15-17(14-29-32)21-20-8-11-31(22(20)28-16-27-21)23(33)24(2,3)4/h8,11,14-16,18-19H,5-7,9,12-13H2,1-4H3. The topological polar surface area (TPSA) is 119 Å². The summed E-state index contributed by atoms with van der Waals surface area (Å²) >= 11 is 0. The maximum Gasteiger partial charge on any atom is 0.237 e. The van der Waals surface area contributed by atoms with Crippen LogP contribution in [0.25, 0.3) is 22.3 Å². The van der Waals surface area contributed by atoms with Crippen LogP contribution >= 0.6 is 0 Å². The molecule has 2 aliphatic carbocycles. The van der Waals surface area contributed by atoms with Crippen LogP contribution in [0.4, 0.5) is 0 Å². The van der Waals surface area contributed by atoms with E-state index in [1.807, 2.05) is 44.6 Å². The lowest BCUT2D eigenvalue weighted by Crippen LogP contribution is -2.52. The van der Waals surface area contributed by atoms with Gasteiger partial charge in [0.05, 0.1) is 36.0 Å². The first kappa shape index (κ1) is 23.7. The number of carbonyl (C=O) groups is 1. The number of aromatic nitrogens is 5. The molecule has 0 amide bonds. The van der Waals surface area contributed by atoms with Gasteiger partial charge in [-0.1, -0.05) is 27.7 Å². The molecule has 9 nitrogen and oxygen atoms in total. The highest BCUT2D eigenvalue weighted by atomic mass is 32.2. The van der Waals surface area contributed by atoms with Gasteiger partial charge in [-0.2, -0.15) is 10.4 Å². The van der Waals surface area contributed by atoms with Crippen molar-refractivity contribution in [1.29, 1.82) is 5.26 Å². The number of hydrogen-bond acceptors (Lipinski definition) is 7. The summed E-state index contributed by atoms with van der Waals surface area (Å²) in [6, 6.07) is 4.42. The second-order valence-corrected chi connectivity index (χ2v) is 13.6. The maximum absolute atomic E-state index is 13.5. The Morgan fingerprint density at radius 3 is 2.69 bits per heavy atom. The predicted molar refractivity (Wildman–Crippen MR) is 134 cm³/mol. The molecule has 10 heteroatoms. The highest BCUT2D eigenvalue weighted by molar-refractivity contribution is 7.94. The number of carbonyl (C=O) groups excluding carboxylic acids is 1. The molecule has 0 aliphatic heterocycles. The summed E-state index contributed by atoms with van der Waals surface area (Å²) in [4.78, 5) is 21.7. The Kier molecular flexibility index (Phi) is 5.59. The fourth-order valence-corrected chi connectivity index (χ4v) is 7.50. The van der Waals surface area contributed by atoms with E-state index in [1.165, 1.54) is 6.33 Å². The molecule has 1 unspecified atom stereocenters. The van der Waals surface area contributed by atoms with Crippen molar-refractivity contribution >= 4 is 26.7 Å². The number of hydrogen-bond donors (Lipinski definition) is 0. The van der Waals surface area contributed by atoms with Crippen molar-refractivity contribution in [3.8, 4) is 17.3 Å². The lowest BCUT2D eigenvalue weighted by Gasteiger charge is -2.47. The Balaban J connectivity index is 1.47. The summed E-state index contributed by atoms with van der Waals surface area (Å²) in [6.45, 7) is 7.58. The fourth-order valence-electron chi connectivity index (χ4n) is 4.85. The molecule has 5 rings (SSSR count). The van der Waals surface area contributed by atoms with Crippen molar-refractivity contribution in [2.45, 2.75) is 76.6 Å². The summed E-state index contributed by atoms with van der Waals surface area (Å²) in [5, 5.41) is 14.9. The van der Waals surface area contributed by atoms with E-state index in [9.17, 15) is 14.3 Å². The predicted octanol–water partition coefficient (Wildman–Crippen LogP) is 4.40. The van der Waals surface area contributed by atoms with E-state index in [1.54, 1.807) is 17.0 Å². The van der Waals surface area contributed by atoms with Gasteiger partial charge in [-0.25, -0.2) is 18.5 Å². The molecular weight excluding hydrogens is 462 g/mol. The molecule has 0 saturated heterocycles. The van der Waals surface area contributed by atoms with Crippen LogP contribution in [-0.2, 0) is 15.3 Å². The molecule has 0 bridgehead atoms. The van der Waals surface area contributed by atoms with Gasteiger partial charge in [0.15, 0.2) is 5.65 Å². The van der Waals surface area contributed by atoms with Crippen molar-refractivity contribution in [2.24, 2.45) is 9.78 Å². The van der Waals surface area contributed by atoms with Crippen LogP contribution in [0, 0.1) is 16.7 Å². The van der Waals surface area contributed by atoms with E-state index < -0.39 is 20.7 Å². The number of rotatable bonds is 6. The average molecular weight is 494 g/mol. The van der Waals surface area contributed by atoms with Crippen LogP contribution in [-0.4, -0.2) is 51.5 Å². The van der Waals surface area contributed by atoms with Crippen molar-refractivity contribution in [2.75, 3.05) is 5.75 Å². The summed E-state index contributed by atoms with van der Waals surface area (Å²) in [5.74, 6) is 0.502. The molecule has 0 N–H and O–H groups in total. The second-order valence-electron chi connectivity index (χ2n) is 10.8. The van der Waals surface area contributed by atoms with E-state index in [0.29, 0.717) is 36.4 Å². The third-order valence-electron chi connectivity index (χ3n) is 7.12. The average Bonchev–Trinajstić information content (AvgIpc) is 3.29. The van der Waals surface area contributed by atoms with Gasteiger partial charge in [0.2, 0.25) is 5.91 Å². The van der Waals surface area contributed by atoms with Gasteiger partial charge in [-0.05, 0) is 31.7 Å². The van der Waals surface area contributed by atoms with Gasteiger partial charge in [0.25, 0.3) is 0 Å². The minimum atomic E-state index is -2.28. The Hall–Kier alpha value is -3.06. The first-order valence-electron chi connectivity index (χ1n) is 12.1. The smallest absolute Gasteiger partial charge is 0.237 e. The number of fused-ring (bicyclic) bond motifs is 1. The lowest BCUT2D eigenvalue weighted by atomic mass is 9.74. The van der Waals surface area contributed by atoms with Crippen molar-refractivity contribution in [1.82, 2.24) is 24.3 Å². The van der Waals surface area contributed by atoms with E-state index in [2.05, 4.69) is 25.5 Å².